The van der Waals surface area contributed by atoms with Crippen molar-refractivity contribution in [3.63, 3.8) is 0 Å². The number of halogens is 2. The third kappa shape index (κ3) is 2.71. The van der Waals surface area contributed by atoms with Gasteiger partial charge in [-0.2, -0.15) is 0 Å². The van der Waals surface area contributed by atoms with E-state index in [0.717, 1.165) is 22.8 Å². The van der Waals surface area contributed by atoms with Gasteiger partial charge in [0, 0.05) is 0 Å². The van der Waals surface area contributed by atoms with Gasteiger partial charge in [-0.05, 0) is 60.7 Å². The first-order chi connectivity index (χ1) is 9.43. The smallest absolute Gasteiger partial charge is 0.159 e. The maximum atomic E-state index is 13.4. The Labute approximate surface area is 117 Å². The van der Waals surface area contributed by atoms with Crippen LogP contribution in [0.3, 0.4) is 0 Å². The lowest BCUT2D eigenvalue weighted by Crippen LogP contribution is -2.29. The van der Waals surface area contributed by atoms with Crippen molar-refractivity contribution in [1.29, 1.82) is 0 Å². The summed E-state index contributed by atoms with van der Waals surface area (Å²) in [5.41, 5.74) is 7.61. The lowest BCUT2D eigenvalue weighted by atomic mass is 9.92. The van der Waals surface area contributed by atoms with E-state index in [4.69, 9.17) is 5.84 Å². The second-order valence-corrected chi connectivity index (χ2v) is 5.07. The summed E-state index contributed by atoms with van der Waals surface area (Å²) in [6.07, 6.45) is 0. The minimum Gasteiger partial charge on any atom is -0.271 e. The zero-order valence-corrected chi connectivity index (χ0v) is 11.8. The van der Waals surface area contributed by atoms with E-state index < -0.39 is 11.6 Å². The van der Waals surface area contributed by atoms with Crippen molar-refractivity contribution in [2.24, 2.45) is 5.84 Å². The summed E-state index contributed by atoms with van der Waals surface area (Å²) < 4.78 is 26.4. The lowest BCUT2D eigenvalue weighted by molar-refractivity contribution is 0.504. The Hall–Kier alpha value is -1.78. The van der Waals surface area contributed by atoms with Gasteiger partial charge in [0.15, 0.2) is 11.6 Å². The molecule has 106 valence electrons. The van der Waals surface area contributed by atoms with Crippen LogP contribution in [0, 0.1) is 32.4 Å². The van der Waals surface area contributed by atoms with Gasteiger partial charge in [0.1, 0.15) is 0 Å². The fraction of sp³-hybridized carbons (Fsp3) is 0.250. The average molecular weight is 276 g/mol. The Morgan fingerprint density at radius 3 is 2.15 bits per heavy atom. The standard InChI is InChI=1S/C16H18F2N2/c1-9-6-11(3)13(7-10(9)2)16(20-19)12-4-5-14(17)15(18)8-12/h4-8,16,20H,19H2,1-3H3. The first-order valence-corrected chi connectivity index (χ1v) is 6.43. The molecular weight excluding hydrogens is 258 g/mol. The fourth-order valence-corrected chi connectivity index (χ4v) is 2.35. The number of hydrogen-bond donors (Lipinski definition) is 2. The van der Waals surface area contributed by atoms with E-state index in [-0.39, 0.29) is 6.04 Å². The summed E-state index contributed by atoms with van der Waals surface area (Å²) >= 11 is 0. The van der Waals surface area contributed by atoms with Crippen LogP contribution in [0.1, 0.15) is 33.9 Å². The van der Waals surface area contributed by atoms with Gasteiger partial charge in [0.25, 0.3) is 0 Å². The summed E-state index contributed by atoms with van der Waals surface area (Å²) in [7, 11) is 0. The predicted octanol–water partition coefficient (Wildman–Crippen LogP) is 3.44. The second kappa shape index (κ2) is 5.69. The Morgan fingerprint density at radius 2 is 1.55 bits per heavy atom. The average Bonchev–Trinajstić information content (AvgIpc) is 2.40. The minimum absolute atomic E-state index is 0.371. The van der Waals surface area contributed by atoms with Gasteiger partial charge >= 0.3 is 0 Å². The summed E-state index contributed by atoms with van der Waals surface area (Å²) in [6.45, 7) is 6.03. The molecule has 1 atom stereocenters. The van der Waals surface area contributed by atoms with Crippen LogP contribution in [0.25, 0.3) is 0 Å². The van der Waals surface area contributed by atoms with Crippen LogP contribution in [-0.2, 0) is 0 Å². The Balaban J connectivity index is 2.52. The van der Waals surface area contributed by atoms with E-state index in [2.05, 4.69) is 11.5 Å². The van der Waals surface area contributed by atoms with Gasteiger partial charge < -0.3 is 0 Å². The molecule has 0 bridgehead atoms. The van der Waals surface area contributed by atoms with Crippen molar-refractivity contribution in [3.05, 3.63) is 69.8 Å². The van der Waals surface area contributed by atoms with E-state index in [1.54, 1.807) is 0 Å². The first kappa shape index (κ1) is 14.6. The van der Waals surface area contributed by atoms with Gasteiger partial charge in [0.05, 0.1) is 6.04 Å². The first-order valence-electron chi connectivity index (χ1n) is 6.43. The van der Waals surface area contributed by atoms with Crippen LogP contribution in [0.4, 0.5) is 8.78 Å². The zero-order chi connectivity index (χ0) is 14.9. The third-order valence-corrected chi connectivity index (χ3v) is 3.64. The van der Waals surface area contributed by atoms with Gasteiger partial charge in [0.2, 0.25) is 0 Å². The quantitative estimate of drug-likeness (QED) is 0.665. The van der Waals surface area contributed by atoms with Crippen molar-refractivity contribution >= 4 is 0 Å². The van der Waals surface area contributed by atoms with Crippen LogP contribution >= 0.6 is 0 Å². The highest BCUT2D eigenvalue weighted by molar-refractivity contribution is 5.42. The third-order valence-electron chi connectivity index (χ3n) is 3.64. The van der Waals surface area contributed by atoms with Crippen molar-refractivity contribution < 1.29 is 8.78 Å². The molecule has 4 heteroatoms. The number of rotatable bonds is 3. The van der Waals surface area contributed by atoms with E-state index in [1.807, 2.05) is 26.8 Å². The molecule has 1 unspecified atom stereocenters. The highest BCUT2D eigenvalue weighted by Crippen LogP contribution is 2.27. The number of nitrogens with one attached hydrogen (secondary N) is 1. The molecule has 0 aliphatic carbocycles. The Bertz CT molecular complexity index is 639. The largest absolute Gasteiger partial charge is 0.271 e. The predicted molar refractivity (Wildman–Crippen MR) is 76.2 cm³/mol. The van der Waals surface area contributed by atoms with Gasteiger partial charge in [-0.3, -0.25) is 5.84 Å². The maximum Gasteiger partial charge on any atom is 0.159 e. The molecule has 2 aromatic rings. The number of benzene rings is 2. The molecule has 3 N–H and O–H groups in total. The van der Waals surface area contributed by atoms with E-state index >= 15 is 0 Å². The molecule has 0 saturated carbocycles. The number of nitrogens with two attached hydrogens (primary N) is 1. The minimum atomic E-state index is -0.871. The monoisotopic (exact) mass is 276 g/mol. The van der Waals surface area contributed by atoms with Crippen molar-refractivity contribution in [3.8, 4) is 0 Å². The molecule has 0 spiro atoms. The number of aryl methyl sites for hydroxylation is 3. The van der Waals surface area contributed by atoms with Crippen molar-refractivity contribution in [1.82, 2.24) is 5.43 Å². The number of hydrogen-bond acceptors (Lipinski definition) is 2. The fourth-order valence-electron chi connectivity index (χ4n) is 2.35. The summed E-state index contributed by atoms with van der Waals surface area (Å²) in [5.74, 6) is 3.88. The highest BCUT2D eigenvalue weighted by atomic mass is 19.2. The Morgan fingerprint density at radius 1 is 0.900 bits per heavy atom. The van der Waals surface area contributed by atoms with E-state index in [0.29, 0.717) is 5.56 Å². The van der Waals surface area contributed by atoms with Crippen LogP contribution < -0.4 is 11.3 Å². The summed E-state index contributed by atoms with van der Waals surface area (Å²) in [5, 5.41) is 0. The highest BCUT2D eigenvalue weighted by Gasteiger charge is 2.17. The number of hydrazine groups is 1. The molecule has 0 aromatic heterocycles. The maximum absolute atomic E-state index is 13.4. The normalized spacial score (nSPS) is 12.5. The Kier molecular flexibility index (Phi) is 4.16. The van der Waals surface area contributed by atoms with Crippen molar-refractivity contribution in [2.45, 2.75) is 26.8 Å². The van der Waals surface area contributed by atoms with Gasteiger partial charge in [-0.25, -0.2) is 14.2 Å². The molecule has 0 saturated heterocycles. The molecule has 2 nitrogen and oxygen atoms in total. The van der Waals surface area contributed by atoms with Crippen molar-refractivity contribution in [2.75, 3.05) is 0 Å². The van der Waals surface area contributed by atoms with Crippen LogP contribution in [0.5, 0.6) is 0 Å². The van der Waals surface area contributed by atoms with E-state index in [9.17, 15) is 8.78 Å². The molecule has 0 amide bonds. The SMILES string of the molecule is Cc1cc(C)c(C(NN)c2ccc(F)c(F)c2)cc1C. The molecule has 2 aromatic carbocycles. The zero-order valence-electron chi connectivity index (χ0n) is 11.8. The van der Waals surface area contributed by atoms with Gasteiger partial charge in [-0.1, -0.05) is 18.2 Å². The summed E-state index contributed by atoms with van der Waals surface area (Å²) in [4.78, 5) is 0. The molecule has 0 fully saturated rings. The molecule has 2 rings (SSSR count). The molecule has 0 heterocycles. The van der Waals surface area contributed by atoms with Crippen LogP contribution in [0.15, 0.2) is 30.3 Å². The topological polar surface area (TPSA) is 38.0 Å². The molecular formula is C16H18F2N2. The summed E-state index contributed by atoms with van der Waals surface area (Å²) in [6, 6.07) is 7.55. The van der Waals surface area contributed by atoms with Crippen LogP contribution in [0.2, 0.25) is 0 Å². The second-order valence-electron chi connectivity index (χ2n) is 5.07. The molecule has 0 aliphatic heterocycles. The molecule has 0 aliphatic rings. The van der Waals surface area contributed by atoms with Crippen LogP contribution in [-0.4, -0.2) is 0 Å². The molecule has 0 radical (unpaired) electrons. The molecule has 20 heavy (non-hydrogen) atoms. The lowest BCUT2D eigenvalue weighted by Gasteiger charge is -2.20. The van der Waals surface area contributed by atoms with Gasteiger partial charge in [-0.15, -0.1) is 0 Å². The van der Waals surface area contributed by atoms with E-state index in [1.165, 1.54) is 17.7 Å².